The molecule has 2 aliphatic rings. The molecule has 1 aromatic heterocycles. The summed E-state index contributed by atoms with van der Waals surface area (Å²) in [6.45, 7) is 1.82. The third-order valence-electron chi connectivity index (χ3n) is 6.94. The van der Waals surface area contributed by atoms with Crippen LogP contribution in [0.1, 0.15) is 84.0 Å². The van der Waals surface area contributed by atoms with Crippen molar-refractivity contribution in [3.05, 3.63) is 45.4 Å². The first-order valence-corrected chi connectivity index (χ1v) is 13.4. The molecule has 0 unspecified atom stereocenters. The number of rotatable bonds is 8. The Bertz CT molecular complexity index is 1080. The Morgan fingerprint density at radius 3 is 2.31 bits per heavy atom. The average molecular weight is 518 g/mol. The van der Waals surface area contributed by atoms with E-state index in [1.807, 2.05) is 18.2 Å². The van der Waals surface area contributed by atoms with Gasteiger partial charge in [-0.25, -0.2) is 0 Å². The lowest BCUT2D eigenvalue weighted by Crippen LogP contribution is -2.49. The highest BCUT2D eigenvalue weighted by Crippen LogP contribution is 2.28. The number of nitrogens with zero attached hydrogens (tertiary/aromatic N) is 2. The maximum Gasteiger partial charge on any atom is 0.273 e. The summed E-state index contributed by atoms with van der Waals surface area (Å²) in [6.07, 6.45) is 8.09. The van der Waals surface area contributed by atoms with Gasteiger partial charge in [0.2, 0.25) is 5.91 Å². The average Bonchev–Trinajstić information content (AvgIpc) is 3.61. The molecular weight excluding hydrogens is 486 g/mol. The predicted molar refractivity (Wildman–Crippen MR) is 137 cm³/mol. The van der Waals surface area contributed by atoms with Crippen molar-refractivity contribution in [3.8, 4) is 0 Å². The molecule has 1 atom stereocenters. The Labute approximate surface area is 214 Å². The predicted octanol–water partition coefficient (Wildman–Crippen LogP) is 4.14. The smallest absolute Gasteiger partial charge is 0.273 e. The summed E-state index contributed by atoms with van der Waals surface area (Å²) in [7, 11) is 0. The molecule has 1 aromatic carbocycles. The second kappa shape index (κ2) is 11.4. The molecule has 8 nitrogen and oxygen atoms in total. The van der Waals surface area contributed by atoms with Crippen LogP contribution in [0.5, 0.6) is 0 Å². The summed E-state index contributed by atoms with van der Waals surface area (Å²) in [4.78, 5) is 41.1. The lowest BCUT2D eigenvalue weighted by molar-refractivity contribution is -0.126. The highest BCUT2D eigenvalue weighted by Gasteiger charge is 2.33. The van der Waals surface area contributed by atoms with Crippen molar-refractivity contribution in [2.24, 2.45) is 0 Å². The molecule has 188 valence electrons. The summed E-state index contributed by atoms with van der Waals surface area (Å²) in [6, 6.07) is 6.68. The molecule has 0 saturated heterocycles. The number of halogens is 1. The standard InChI is InChI=1S/C25H32ClN5O3S/c1-15(23(32)28-17-9-3-4-10-17)31(14-16-8-2-7-13-19(16)26)25(34)22-20(27)21(30-35-22)24(33)29-18-11-5-6-12-18/h2,7-8,13,15,17-18H,3-6,9-12,14,27H2,1H3,(H,28,32)(H,29,33)/t15-/m0/s1. The summed E-state index contributed by atoms with van der Waals surface area (Å²) in [5.74, 6) is -1.04. The van der Waals surface area contributed by atoms with Gasteiger partial charge in [-0.1, -0.05) is 55.5 Å². The Morgan fingerprint density at radius 1 is 1.09 bits per heavy atom. The van der Waals surface area contributed by atoms with Gasteiger partial charge in [-0.3, -0.25) is 14.4 Å². The minimum atomic E-state index is -0.767. The van der Waals surface area contributed by atoms with Crippen LogP contribution >= 0.6 is 23.1 Å². The first-order valence-electron chi connectivity index (χ1n) is 12.3. The minimum Gasteiger partial charge on any atom is -0.395 e. The number of aromatic nitrogens is 1. The topological polar surface area (TPSA) is 117 Å². The molecule has 2 saturated carbocycles. The van der Waals surface area contributed by atoms with Crippen LogP contribution in [-0.4, -0.2) is 45.1 Å². The largest absolute Gasteiger partial charge is 0.395 e. The Hall–Kier alpha value is -2.65. The number of anilines is 1. The quantitative estimate of drug-likeness (QED) is 0.486. The molecule has 35 heavy (non-hydrogen) atoms. The summed E-state index contributed by atoms with van der Waals surface area (Å²) in [5.41, 5.74) is 7.08. The van der Waals surface area contributed by atoms with E-state index >= 15 is 0 Å². The first-order chi connectivity index (χ1) is 16.8. The molecule has 4 N–H and O–H groups in total. The van der Waals surface area contributed by atoms with Crippen molar-refractivity contribution < 1.29 is 14.4 Å². The number of hydrogen-bond donors (Lipinski definition) is 3. The van der Waals surface area contributed by atoms with Crippen molar-refractivity contribution in [1.29, 1.82) is 0 Å². The van der Waals surface area contributed by atoms with E-state index in [1.165, 1.54) is 4.90 Å². The zero-order chi connectivity index (χ0) is 24.9. The van der Waals surface area contributed by atoms with Gasteiger partial charge < -0.3 is 21.3 Å². The van der Waals surface area contributed by atoms with Gasteiger partial charge in [-0.05, 0) is 55.8 Å². The molecule has 2 aromatic rings. The fourth-order valence-electron chi connectivity index (χ4n) is 4.80. The van der Waals surface area contributed by atoms with E-state index in [0.717, 1.165) is 62.9 Å². The van der Waals surface area contributed by atoms with Crippen LogP contribution in [0.15, 0.2) is 24.3 Å². The molecule has 0 radical (unpaired) electrons. The lowest BCUT2D eigenvalue weighted by Gasteiger charge is -2.29. The van der Waals surface area contributed by atoms with Crippen LogP contribution < -0.4 is 16.4 Å². The highest BCUT2D eigenvalue weighted by atomic mass is 35.5. The summed E-state index contributed by atoms with van der Waals surface area (Å²) < 4.78 is 4.20. The Morgan fingerprint density at radius 2 is 1.69 bits per heavy atom. The Balaban J connectivity index is 1.56. The lowest BCUT2D eigenvalue weighted by atomic mass is 10.1. The zero-order valence-corrected chi connectivity index (χ0v) is 21.5. The molecule has 10 heteroatoms. The maximum atomic E-state index is 13.7. The molecular formula is C25H32ClN5O3S. The molecule has 0 aliphatic heterocycles. The van der Waals surface area contributed by atoms with Crippen molar-refractivity contribution in [1.82, 2.24) is 19.9 Å². The molecule has 0 spiro atoms. The van der Waals surface area contributed by atoms with E-state index in [4.69, 9.17) is 17.3 Å². The minimum absolute atomic E-state index is 0.0445. The normalized spacial score (nSPS) is 17.3. The number of carbonyl (C=O) groups excluding carboxylic acids is 3. The van der Waals surface area contributed by atoms with Crippen LogP contribution in [0.3, 0.4) is 0 Å². The second-order valence-electron chi connectivity index (χ2n) is 9.42. The third kappa shape index (κ3) is 5.95. The summed E-state index contributed by atoms with van der Waals surface area (Å²) in [5, 5.41) is 6.54. The van der Waals surface area contributed by atoms with Gasteiger partial charge in [0.25, 0.3) is 11.8 Å². The van der Waals surface area contributed by atoms with E-state index in [9.17, 15) is 14.4 Å². The van der Waals surface area contributed by atoms with Crippen LogP contribution in [0.25, 0.3) is 0 Å². The van der Waals surface area contributed by atoms with Crippen LogP contribution in [0.4, 0.5) is 5.69 Å². The van der Waals surface area contributed by atoms with Gasteiger partial charge in [0.1, 0.15) is 10.9 Å². The van der Waals surface area contributed by atoms with E-state index in [1.54, 1.807) is 13.0 Å². The van der Waals surface area contributed by atoms with E-state index in [-0.39, 0.29) is 46.7 Å². The maximum absolute atomic E-state index is 13.7. The van der Waals surface area contributed by atoms with E-state index in [0.29, 0.717) is 10.6 Å². The molecule has 3 amide bonds. The number of carbonyl (C=O) groups is 3. The van der Waals surface area contributed by atoms with Gasteiger partial charge >= 0.3 is 0 Å². The van der Waals surface area contributed by atoms with Gasteiger partial charge in [-0.2, -0.15) is 4.37 Å². The van der Waals surface area contributed by atoms with Gasteiger partial charge in [-0.15, -0.1) is 0 Å². The van der Waals surface area contributed by atoms with E-state index in [2.05, 4.69) is 15.0 Å². The fourth-order valence-corrected chi connectivity index (χ4v) is 5.75. The third-order valence-corrected chi connectivity index (χ3v) is 8.16. The number of benzene rings is 1. The number of nitrogens with one attached hydrogen (secondary N) is 2. The van der Waals surface area contributed by atoms with Crippen molar-refractivity contribution in [2.45, 2.75) is 83.0 Å². The number of nitrogen functional groups attached to an aromatic ring is 1. The first kappa shape index (κ1) is 25.4. The SMILES string of the molecule is C[C@@H](C(=O)NC1CCCC1)N(Cc1ccccc1Cl)C(=O)c1snc(C(=O)NC2CCCC2)c1N. The zero-order valence-electron chi connectivity index (χ0n) is 19.9. The van der Waals surface area contributed by atoms with Crippen LogP contribution in [0, 0.1) is 0 Å². The molecule has 2 aliphatic carbocycles. The van der Waals surface area contributed by atoms with Gasteiger partial charge in [0.05, 0.1) is 5.69 Å². The van der Waals surface area contributed by atoms with Crippen molar-refractivity contribution in [3.63, 3.8) is 0 Å². The molecule has 1 heterocycles. The molecule has 4 rings (SSSR count). The molecule has 2 fully saturated rings. The monoisotopic (exact) mass is 517 g/mol. The highest BCUT2D eigenvalue weighted by molar-refractivity contribution is 7.09. The van der Waals surface area contributed by atoms with Crippen molar-refractivity contribution in [2.75, 3.05) is 5.73 Å². The number of amides is 3. The number of nitrogens with two attached hydrogens (primary N) is 1. The number of hydrogen-bond acceptors (Lipinski definition) is 6. The molecule has 0 bridgehead atoms. The van der Waals surface area contributed by atoms with Gasteiger partial charge in [0.15, 0.2) is 5.69 Å². The van der Waals surface area contributed by atoms with E-state index < -0.39 is 11.9 Å². The second-order valence-corrected chi connectivity index (χ2v) is 10.6. The van der Waals surface area contributed by atoms with Crippen molar-refractivity contribution >= 4 is 46.5 Å². The van der Waals surface area contributed by atoms with Crippen LogP contribution in [0.2, 0.25) is 5.02 Å². The summed E-state index contributed by atoms with van der Waals surface area (Å²) >= 11 is 7.26. The van der Waals surface area contributed by atoms with Crippen LogP contribution in [-0.2, 0) is 11.3 Å². The van der Waals surface area contributed by atoms with Gasteiger partial charge in [0, 0.05) is 23.7 Å². The Kier molecular flexibility index (Phi) is 8.28. The fraction of sp³-hybridized carbons (Fsp3) is 0.520.